The lowest BCUT2D eigenvalue weighted by Crippen LogP contribution is -2.39. The number of rotatable bonds is 7. The predicted molar refractivity (Wildman–Crippen MR) is 83.7 cm³/mol. The van der Waals surface area contributed by atoms with Gasteiger partial charge in [-0.15, -0.1) is 0 Å². The molecule has 1 aliphatic rings. The quantitative estimate of drug-likeness (QED) is 0.320. The lowest BCUT2D eigenvalue weighted by molar-refractivity contribution is 0.399. The highest BCUT2D eigenvalue weighted by atomic mass is 15.2. The first kappa shape index (κ1) is 16.0. The Morgan fingerprint density at radius 2 is 2.05 bits per heavy atom. The molecular formula is C15H30N4. The Kier molecular flexibility index (Phi) is 8.30. The third-order valence-corrected chi connectivity index (χ3v) is 3.42. The summed E-state index contributed by atoms with van der Waals surface area (Å²) in [5.41, 5.74) is 1.61. The first-order chi connectivity index (χ1) is 9.22. The molecule has 2 N–H and O–H groups in total. The Balaban J connectivity index is 2.09. The normalized spacial score (nSPS) is 16.4. The van der Waals surface area contributed by atoms with Crippen molar-refractivity contribution in [2.24, 2.45) is 4.99 Å². The zero-order chi connectivity index (χ0) is 13.9. The Hall–Kier alpha value is -1.03. The number of hydrogen-bond donors (Lipinski definition) is 2. The average molecular weight is 266 g/mol. The number of guanidine groups is 1. The summed E-state index contributed by atoms with van der Waals surface area (Å²) in [4.78, 5) is 6.45. The number of nitrogens with one attached hydrogen (secondary N) is 2. The fourth-order valence-electron chi connectivity index (χ4n) is 2.30. The van der Waals surface area contributed by atoms with Gasteiger partial charge in [-0.2, -0.15) is 0 Å². The van der Waals surface area contributed by atoms with E-state index in [1.165, 1.54) is 25.7 Å². The van der Waals surface area contributed by atoms with Crippen molar-refractivity contribution < 1.29 is 0 Å². The molecule has 0 fully saturated rings. The van der Waals surface area contributed by atoms with Gasteiger partial charge in [-0.05, 0) is 59.2 Å². The first-order valence-corrected chi connectivity index (χ1v) is 7.49. The number of nitrogens with zero attached hydrogens (tertiary/aromatic N) is 2. The Morgan fingerprint density at radius 3 is 2.68 bits per heavy atom. The van der Waals surface area contributed by atoms with Crippen LogP contribution in [-0.2, 0) is 0 Å². The third-order valence-electron chi connectivity index (χ3n) is 3.42. The molecule has 0 unspecified atom stereocenters. The molecule has 0 bridgehead atoms. The maximum atomic E-state index is 4.25. The summed E-state index contributed by atoms with van der Waals surface area (Å²) in [5, 5.41) is 6.74. The molecule has 0 radical (unpaired) electrons. The van der Waals surface area contributed by atoms with E-state index in [9.17, 15) is 0 Å². The maximum Gasteiger partial charge on any atom is 0.190 e. The molecule has 0 heterocycles. The summed E-state index contributed by atoms with van der Waals surface area (Å²) in [5.74, 6) is 0.926. The fraction of sp³-hybridized carbons (Fsp3) is 0.800. The highest BCUT2D eigenvalue weighted by molar-refractivity contribution is 5.79. The molecule has 0 amide bonds. The second kappa shape index (κ2) is 9.84. The average Bonchev–Trinajstić information content (AvgIpc) is 2.42. The molecule has 0 aromatic rings. The molecule has 1 aliphatic carbocycles. The van der Waals surface area contributed by atoms with E-state index in [0.29, 0.717) is 0 Å². The van der Waals surface area contributed by atoms with Crippen LogP contribution in [0.15, 0.2) is 16.6 Å². The lowest BCUT2D eigenvalue weighted by Gasteiger charge is -2.15. The second-order valence-electron chi connectivity index (χ2n) is 5.44. The summed E-state index contributed by atoms with van der Waals surface area (Å²) < 4.78 is 0. The monoisotopic (exact) mass is 266 g/mol. The second-order valence-corrected chi connectivity index (χ2v) is 5.44. The topological polar surface area (TPSA) is 39.7 Å². The predicted octanol–water partition coefficient (Wildman–Crippen LogP) is 1.99. The standard InChI is InChI=1S/C15H30N4/c1-16-15(17-11-7-13-19(2)3)18-12-10-14-8-5-4-6-9-14/h8H,4-7,9-13H2,1-3H3,(H2,16,17,18). The largest absolute Gasteiger partial charge is 0.356 e. The molecule has 0 aromatic heterocycles. The molecule has 110 valence electrons. The van der Waals surface area contributed by atoms with E-state index in [1.54, 1.807) is 5.57 Å². The number of allylic oxidation sites excluding steroid dienone is 1. The Labute approximate surface area is 118 Å². The van der Waals surface area contributed by atoms with E-state index in [2.05, 4.69) is 40.7 Å². The van der Waals surface area contributed by atoms with Crippen molar-refractivity contribution in [1.82, 2.24) is 15.5 Å². The van der Waals surface area contributed by atoms with E-state index >= 15 is 0 Å². The van der Waals surface area contributed by atoms with Gasteiger partial charge in [0, 0.05) is 20.1 Å². The van der Waals surface area contributed by atoms with Crippen molar-refractivity contribution in [2.75, 3.05) is 40.8 Å². The first-order valence-electron chi connectivity index (χ1n) is 7.49. The minimum Gasteiger partial charge on any atom is -0.356 e. The van der Waals surface area contributed by atoms with Gasteiger partial charge in [0.05, 0.1) is 0 Å². The molecule has 0 saturated carbocycles. The SMILES string of the molecule is CN=C(NCCCN(C)C)NCCC1=CCCCC1. The smallest absolute Gasteiger partial charge is 0.190 e. The van der Waals surface area contributed by atoms with Gasteiger partial charge in [-0.1, -0.05) is 11.6 Å². The van der Waals surface area contributed by atoms with Crippen LogP contribution in [0.5, 0.6) is 0 Å². The highest BCUT2D eigenvalue weighted by Crippen LogP contribution is 2.19. The molecule has 0 saturated heterocycles. The van der Waals surface area contributed by atoms with Crippen molar-refractivity contribution >= 4 is 5.96 Å². The van der Waals surface area contributed by atoms with Gasteiger partial charge >= 0.3 is 0 Å². The number of aliphatic imine (C=N–C) groups is 1. The Morgan fingerprint density at radius 1 is 1.26 bits per heavy atom. The van der Waals surface area contributed by atoms with Crippen molar-refractivity contribution in [1.29, 1.82) is 0 Å². The highest BCUT2D eigenvalue weighted by Gasteiger charge is 2.03. The van der Waals surface area contributed by atoms with Gasteiger partial charge in [-0.3, -0.25) is 4.99 Å². The molecule has 0 aliphatic heterocycles. The summed E-state index contributed by atoms with van der Waals surface area (Å²) in [6.45, 7) is 3.07. The molecule has 0 atom stereocenters. The van der Waals surface area contributed by atoms with Gasteiger partial charge < -0.3 is 15.5 Å². The van der Waals surface area contributed by atoms with Crippen LogP contribution in [-0.4, -0.2) is 51.6 Å². The zero-order valence-corrected chi connectivity index (χ0v) is 12.8. The minimum atomic E-state index is 0.926. The van der Waals surface area contributed by atoms with Crippen molar-refractivity contribution in [3.63, 3.8) is 0 Å². The van der Waals surface area contributed by atoms with Crippen molar-refractivity contribution in [3.05, 3.63) is 11.6 Å². The molecule has 1 rings (SSSR count). The van der Waals surface area contributed by atoms with E-state index in [-0.39, 0.29) is 0 Å². The van der Waals surface area contributed by atoms with Crippen LogP contribution in [0.3, 0.4) is 0 Å². The van der Waals surface area contributed by atoms with Crippen LogP contribution < -0.4 is 10.6 Å². The van der Waals surface area contributed by atoms with E-state index in [1.807, 2.05) is 7.05 Å². The zero-order valence-electron chi connectivity index (χ0n) is 12.8. The van der Waals surface area contributed by atoms with Crippen LogP contribution in [0.25, 0.3) is 0 Å². The summed E-state index contributed by atoms with van der Waals surface area (Å²) in [6, 6.07) is 0. The molecule has 0 aromatic carbocycles. The lowest BCUT2D eigenvalue weighted by atomic mass is 9.97. The molecule has 4 nitrogen and oxygen atoms in total. The maximum absolute atomic E-state index is 4.25. The van der Waals surface area contributed by atoms with Crippen LogP contribution in [0.4, 0.5) is 0 Å². The third kappa shape index (κ3) is 7.88. The summed E-state index contributed by atoms with van der Waals surface area (Å²) >= 11 is 0. The van der Waals surface area contributed by atoms with Crippen molar-refractivity contribution in [2.45, 2.75) is 38.5 Å². The molecule has 19 heavy (non-hydrogen) atoms. The van der Waals surface area contributed by atoms with Gasteiger partial charge in [0.15, 0.2) is 5.96 Å². The van der Waals surface area contributed by atoms with Gasteiger partial charge in [0.25, 0.3) is 0 Å². The molecular weight excluding hydrogens is 236 g/mol. The van der Waals surface area contributed by atoms with E-state index < -0.39 is 0 Å². The molecule has 0 spiro atoms. The minimum absolute atomic E-state index is 0.926. The van der Waals surface area contributed by atoms with Gasteiger partial charge in [-0.25, -0.2) is 0 Å². The van der Waals surface area contributed by atoms with Gasteiger partial charge in [0.2, 0.25) is 0 Å². The van der Waals surface area contributed by atoms with Crippen LogP contribution >= 0.6 is 0 Å². The van der Waals surface area contributed by atoms with Crippen LogP contribution in [0.1, 0.15) is 38.5 Å². The van der Waals surface area contributed by atoms with E-state index in [0.717, 1.165) is 38.4 Å². The summed E-state index contributed by atoms with van der Waals surface area (Å²) in [6.07, 6.45) is 9.99. The van der Waals surface area contributed by atoms with E-state index in [4.69, 9.17) is 0 Å². The van der Waals surface area contributed by atoms with Crippen LogP contribution in [0, 0.1) is 0 Å². The van der Waals surface area contributed by atoms with Crippen LogP contribution in [0.2, 0.25) is 0 Å². The Bertz CT molecular complexity index is 295. The fourth-order valence-corrected chi connectivity index (χ4v) is 2.30. The van der Waals surface area contributed by atoms with Gasteiger partial charge in [0.1, 0.15) is 0 Å². The van der Waals surface area contributed by atoms with Crippen molar-refractivity contribution in [3.8, 4) is 0 Å². The summed E-state index contributed by atoms with van der Waals surface area (Å²) in [7, 11) is 6.04. The number of hydrogen-bond acceptors (Lipinski definition) is 2. The molecule has 4 heteroatoms.